The zero-order chi connectivity index (χ0) is 7.72. The Bertz CT molecular complexity index is 268. The van der Waals surface area contributed by atoms with Crippen LogP contribution in [0.3, 0.4) is 0 Å². The molecular formula is C5H4INO3. The standard InChI is InChI=1S/C5H4INO3/c1-2-3(6)4(5(8)9)10-7-2/h1H3,(H,8,9). The number of halogens is 1. The van der Waals surface area contributed by atoms with Gasteiger partial charge in [0.05, 0.1) is 9.26 Å². The number of rotatable bonds is 1. The van der Waals surface area contributed by atoms with Gasteiger partial charge in [-0.1, -0.05) is 5.16 Å². The molecule has 0 spiro atoms. The summed E-state index contributed by atoms with van der Waals surface area (Å²) in [4.78, 5) is 10.3. The van der Waals surface area contributed by atoms with Crippen LogP contribution in [0.1, 0.15) is 16.2 Å². The molecule has 0 aromatic carbocycles. The van der Waals surface area contributed by atoms with Gasteiger partial charge in [-0.05, 0) is 29.5 Å². The molecule has 0 amide bonds. The average Bonchev–Trinajstić information content (AvgIpc) is 2.14. The molecule has 0 fully saturated rings. The minimum absolute atomic E-state index is 0.0851. The Morgan fingerprint density at radius 1 is 1.80 bits per heavy atom. The molecule has 0 unspecified atom stereocenters. The molecule has 1 aromatic heterocycles. The first-order chi connectivity index (χ1) is 4.63. The van der Waals surface area contributed by atoms with Crippen LogP contribution in [-0.2, 0) is 0 Å². The number of aromatic nitrogens is 1. The molecule has 0 atom stereocenters. The van der Waals surface area contributed by atoms with Gasteiger partial charge in [0, 0.05) is 0 Å². The molecule has 0 aliphatic heterocycles. The molecular weight excluding hydrogens is 249 g/mol. The fourth-order valence-electron chi connectivity index (χ4n) is 0.491. The Morgan fingerprint density at radius 3 is 2.60 bits per heavy atom. The minimum Gasteiger partial charge on any atom is -0.475 e. The summed E-state index contributed by atoms with van der Waals surface area (Å²) in [5, 5.41) is 11.9. The van der Waals surface area contributed by atoms with Crippen molar-refractivity contribution < 1.29 is 14.4 Å². The number of carboxylic acids is 1. The van der Waals surface area contributed by atoms with Gasteiger partial charge in [0.2, 0.25) is 0 Å². The predicted molar refractivity (Wildman–Crippen MR) is 40.9 cm³/mol. The maximum atomic E-state index is 10.3. The lowest BCUT2D eigenvalue weighted by molar-refractivity contribution is 0.0650. The molecule has 0 radical (unpaired) electrons. The molecule has 4 nitrogen and oxygen atoms in total. The van der Waals surface area contributed by atoms with Crippen LogP contribution in [0.4, 0.5) is 0 Å². The first-order valence-corrected chi connectivity index (χ1v) is 3.56. The minimum atomic E-state index is -1.08. The molecule has 54 valence electrons. The number of aryl methyl sites for hydroxylation is 1. The summed E-state index contributed by atoms with van der Waals surface area (Å²) in [6.45, 7) is 1.69. The van der Waals surface area contributed by atoms with Crippen molar-refractivity contribution in [3.63, 3.8) is 0 Å². The molecule has 0 saturated carbocycles. The highest BCUT2D eigenvalue weighted by molar-refractivity contribution is 14.1. The van der Waals surface area contributed by atoms with E-state index in [1.165, 1.54) is 0 Å². The van der Waals surface area contributed by atoms with Crippen molar-refractivity contribution >= 4 is 28.6 Å². The second-order valence-electron chi connectivity index (χ2n) is 1.72. The van der Waals surface area contributed by atoms with Crippen LogP contribution in [0.15, 0.2) is 4.52 Å². The van der Waals surface area contributed by atoms with Gasteiger partial charge in [-0.3, -0.25) is 0 Å². The third-order valence-electron chi connectivity index (χ3n) is 0.985. The number of aromatic carboxylic acids is 1. The zero-order valence-electron chi connectivity index (χ0n) is 5.09. The van der Waals surface area contributed by atoms with Gasteiger partial charge in [0.15, 0.2) is 0 Å². The van der Waals surface area contributed by atoms with E-state index in [0.29, 0.717) is 9.26 Å². The number of carboxylic acid groups (broad SMARTS) is 1. The maximum Gasteiger partial charge on any atom is 0.375 e. The van der Waals surface area contributed by atoms with Crippen molar-refractivity contribution in [1.82, 2.24) is 5.16 Å². The Morgan fingerprint density at radius 2 is 2.40 bits per heavy atom. The Kier molecular flexibility index (Phi) is 1.93. The van der Waals surface area contributed by atoms with Gasteiger partial charge in [0.25, 0.3) is 5.76 Å². The van der Waals surface area contributed by atoms with Crippen molar-refractivity contribution in [3.05, 3.63) is 15.0 Å². The summed E-state index contributed by atoms with van der Waals surface area (Å²) in [7, 11) is 0. The van der Waals surface area contributed by atoms with E-state index in [0.717, 1.165) is 0 Å². The smallest absolute Gasteiger partial charge is 0.375 e. The summed E-state index contributed by atoms with van der Waals surface area (Å²) in [6.07, 6.45) is 0. The van der Waals surface area contributed by atoms with E-state index in [2.05, 4.69) is 9.68 Å². The summed E-state index contributed by atoms with van der Waals surface area (Å²) >= 11 is 1.88. The molecule has 1 N–H and O–H groups in total. The van der Waals surface area contributed by atoms with Crippen LogP contribution in [0.25, 0.3) is 0 Å². The quantitative estimate of drug-likeness (QED) is 0.766. The summed E-state index contributed by atoms with van der Waals surface area (Å²) in [5.74, 6) is -1.16. The van der Waals surface area contributed by atoms with E-state index in [9.17, 15) is 4.79 Å². The Labute approximate surface area is 70.3 Å². The van der Waals surface area contributed by atoms with Crippen molar-refractivity contribution in [3.8, 4) is 0 Å². The highest BCUT2D eigenvalue weighted by Gasteiger charge is 2.16. The molecule has 10 heavy (non-hydrogen) atoms. The molecule has 1 aromatic rings. The van der Waals surface area contributed by atoms with Gasteiger partial charge < -0.3 is 9.63 Å². The number of hydrogen-bond donors (Lipinski definition) is 1. The van der Waals surface area contributed by atoms with Crippen molar-refractivity contribution in [2.24, 2.45) is 0 Å². The highest BCUT2D eigenvalue weighted by Crippen LogP contribution is 2.15. The second-order valence-corrected chi connectivity index (χ2v) is 2.79. The van der Waals surface area contributed by atoms with Gasteiger partial charge in [-0.2, -0.15) is 0 Å². The van der Waals surface area contributed by atoms with Gasteiger partial charge in [0.1, 0.15) is 0 Å². The van der Waals surface area contributed by atoms with Crippen molar-refractivity contribution in [2.75, 3.05) is 0 Å². The highest BCUT2D eigenvalue weighted by atomic mass is 127. The lowest BCUT2D eigenvalue weighted by atomic mass is 10.4. The number of carbonyl (C=O) groups is 1. The lowest BCUT2D eigenvalue weighted by Crippen LogP contribution is -1.95. The van der Waals surface area contributed by atoms with E-state index < -0.39 is 5.97 Å². The molecule has 0 bridgehead atoms. The molecule has 0 saturated heterocycles. The number of hydrogen-bond acceptors (Lipinski definition) is 3. The van der Waals surface area contributed by atoms with E-state index in [1.54, 1.807) is 6.92 Å². The summed E-state index contributed by atoms with van der Waals surface area (Å²) in [6, 6.07) is 0. The predicted octanol–water partition coefficient (Wildman–Crippen LogP) is 1.29. The van der Waals surface area contributed by atoms with Gasteiger partial charge in [-0.15, -0.1) is 0 Å². The van der Waals surface area contributed by atoms with Crippen LogP contribution in [0.5, 0.6) is 0 Å². The first kappa shape index (κ1) is 7.52. The Balaban J connectivity index is 3.17. The fourth-order valence-corrected chi connectivity index (χ4v) is 0.919. The van der Waals surface area contributed by atoms with E-state index in [4.69, 9.17) is 5.11 Å². The van der Waals surface area contributed by atoms with Crippen LogP contribution in [0, 0.1) is 10.5 Å². The average molecular weight is 253 g/mol. The van der Waals surface area contributed by atoms with E-state index in [1.807, 2.05) is 22.6 Å². The normalized spacial score (nSPS) is 9.80. The molecule has 1 heterocycles. The fraction of sp³-hybridized carbons (Fsp3) is 0.200. The topological polar surface area (TPSA) is 63.3 Å². The van der Waals surface area contributed by atoms with Crippen LogP contribution in [-0.4, -0.2) is 16.2 Å². The second kappa shape index (κ2) is 2.57. The maximum absolute atomic E-state index is 10.3. The summed E-state index contributed by atoms with van der Waals surface area (Å²) in [5.41, 5.74) is 0.609. The van der Waals surface area contributed by atoms with Gasteiger partial charge in [-0.25, -0.2) is 4.79 Å². The lowest BCUT2D eigenvalue weighted by Gasteiger charge is -1.83. The third-order valence-corrected chi connectivity index (χ3v) is 2.26. The van der Waals surface area contributed by atoms with Crippen molar-refractivity contribution in [2.45, 2.75) is 6.92 Å². The monoisotopic (exact) mass is 253 g/mol. The van der Waals surface area contributed by atoms with Crippen LogP contribution < -0.4 is 0 Å². The summed E-state index contributed by atoms with van der Waals surface area (Å²) < 4.78 is 5.06. The number of nitrogens with zero attached hydrogens (tertiary/aromatic N) is 1. The molecule has 1 rings (SSSR count). The van der Waals surface area contributed by atoms with Crippen LogP contribution in [0.2, 0.25) is 0 Å². The third kappa shape index (κ3) is 1.13. The SMILES string of the molecule is Cc1noc(C(=O)O)c1I. The first-order valence-electron chi connectivity index (χ1n) is 2.48. The molecule has 0 aliphatic rings. The van der Waals surface area contributed by atoms with E-state index >= 15 is 0 Å². The molecule has 5 heteroatoms. The van der Waals surface area contributed by atoms with Gasteiger partial charge >= 0.3 is 5.97 Å². The molecule has 0 aliphatic carbocycles. The zero-order valence-corrected chi connectivity index (χ0v) is 7.25. The Hall–Kier alpha value is -0.590. The van der Waals surface area contributed by atoms with Crippen molar-refractivity contribution in [1.29, 1.82) is 0 Å². The van der Waals surface area contributed by atoms with Crippen LogP contribution >= 0.6 is 22.6 Å². The largest absolute Gasteiger partial charge is 0.475 e. The van der Waals surface area contributed by atoms with E-state index in [-0.39, 0.29) is 5.76 Å².